The largest absolute Gasteiger partial charge is 0.495 e. The van der Waals surface area contributed by atoms with Crippen molar-refractivity contribution >= 4 is 22.9 Å². The summed E-state index contributed by atoms with van der Waals surface area (Å²) in [7, 11) is 3.10. The van der Waals surface area contributed by atoms with E-state index in [0.29, 0.717) is 34.9 Å². The van der Waals surface area contributed by atoms with Gasteiger partial charge in [-0.1, -0.05) is 13.0 Å². The van der Waals surface area contributed by atoms with E-state index in [9.17, 15) is 9.59 Å². The molecule has 6 heteroatoms. The average molecular weight is 366 g/mol. The Balaban J connectivity index is 2.08. The number of fused-ring (bicyclic) bond motifs is 1. The number of benzene rings is 1. The number of hydrogen-bond acceptors (Lipinski definition) is 4. The molecule has 3 rings (SSSR count). The van der Waals surface area contributed by atoms with Crippen LogP contribution in [0, 0.1) is 6.92 Å². The molecule has 0 atom stereocenters. The van der Waals surface area contributed by atoms with Crippen molar-refractivity contribution < 1.29 is 19.1 Å². The van der Waals surface area contributed by atoms with Crippen LogP contribution in [0.5, 0.6) is 11.5 Å². The minimum atomic E-state index is -0.149. The van der Waals surface area contributed by atoms with Gasteiger partial charge in [-0.2, -0.15) is 0 Å². The number of hydrogen-bond donors (Lipinski definition) is 1. The van der Waals surface area contributed by atoms with Crippen LogP contribution >= 0.6 is 0 Å². The highest BCUT2D eigenvalue weighted by atomic mass is 16.5. The van der Waals surface area contributed by atoms with E-state index in [1.807, 2.05) is 35.7 Å². The Bertz CT molecular complexity index is 1020. The highest BCUT2D eigenvalue weighted by Crippen LogP contribution is 2.33. The van der Waals surface area contributed by atoms with Gasteiger partial charge in [0.1, 0.15) is 17.2 Å². The van der Waals surface area contributed by atoms with E-state index in [0.717, 1.165) is 11.1 Å². The van der Waals surface area contributed by atoms with Gasteiger partial charge in [-0.25, -0.2) is 0 Å². The predicted molar refractivity (Wildman–Crippen MR) is 104 cm³/mol. The summed E-state index contributed by atoms with van der Waals surface area (Å²) in [5.41, 5.74) is 3.15. The number of pyridine rings is 1. The SMILES string of the molecule is CCC(=O)Nc1ccc(C(=O)c2c(C)c(OC)c3ccccn23)cc1OC. The summed E-state index contributed by atoms with van der Waals surface area (Å²) in [4.78, 5) is 24.9. The van der Waals surface area contributed by atoms with Gasteiger partial charge >= 0.3 is 0 Å². The lowest BCUT2D eigenvalue weighted by Crippen LogP contribution is -2.12. The molecule has 2 heterocycles. The van der Waals surface area contributed by atoms with E-state index in [1.54, 1.807) is 32.2 Å². The Morgan fingerprint density at radius 1 is 1.11 bits per heavy atom. The lowest BCUT2D eigenvalue weighted by molar-refractivity contribution is -0.115. The van der Waals surface area contributed by atoms with Crippen molar-refractivity contribution in [2.45, 2.75) is 20.3 Å². The molecule has 0 radical (unpaired) electrons. The third-order valence-corrected chi connectivity index (χ3v) is 4.51. The third kappa shape index (κ3) is 3.26. The van der Waals surface area contributed by atoms with Crippen molar-refractivity contribution in [1.29, 1.82) is 0 Å². The summed E-state index contributed by atoms with van der Waals surface area (Å²) >= 11 is 0. The third-order valence-electron chi connectivity index (χ3n) is 4.51. The van der Waals surface area contributed by atoms with Gasteiger partial charge < -0.3 is 19.2 Å². The Kier molecular flexibility index (Phi) is 5.16. The highest BCUT2D eigenvalue weighted by Gasteiger charge is 2.23. The molecule has 1 aromatic carbocycles. The number of carbonyl (C=O) groups excluding carboxylic acids is 2. The van der Waals surface area contributed by atoms with Crippen LogP contribution in [-0.2, 0) is 4.79 Å². The standard InChI is InChI=1S/C21H22N2O4/c1-5-18(24)22-15-10-9-14(12-17(15)26-3)20(25)19-13(2)21(27-4)16-8-6-7-11-23(16)19/h6-12H,5H2,1-4H3,(H,22,24). The Labute approximate surface area is 157 Å². The lowest BCUT2D eigenvalue weighted by atomic mass is 10.0. The average Bonchev–Trinajstić information content (AvgIpc) is 2.98. The van der Waals surface area contributed by atoms with Crippen molar-refractivity contribution in [2.24, 2.45) is 0 Å². The van der Waals surface area contributed by atoms with Crippen LogP contribution < -0.4 is 14.8 Å². The van der Waals surface area contributed by atoms with E-state index in [2.05, 4.69) is 5.32 Å². The number of ether oxygens (including phenoxy) is 2. The van der Waals surface area contributed by atoms with E-state index in [1.165, 1.54) is 7.11 Å². The molecule has 140 valence electrons. The smallest absolute Gasteiger partial charge is 0.224 e. The van der Waals surface area contributed by atoms with Gasteiger partial charge in [-0.3, -0.25) is 9.59 Å². The maximum atomic E-state index is 13.2. The monoisotopic (exact) mass is 366 g/mol. The summed E-state index contributed by atoms with van der Waals surface area (Å²) in [6.07, 6.45) is 2.20. The van der Waals surface area contributed by atoms with Crippen LogP contribution in [0.4, 0.5) is 5.69 Å². The number of amides is 1. The Hall–Kier alpha value is -3.28. The quantitative estimate of drug-likeness (QED) is 0.673. The molecule has 3 aromatic rings. The number of rotatable bonds is 6. The predicted octanol–water partition coefficient (Wildman–Crippen LogP) is 3.84. The van der Waals surface area contributed by atoms with E-state index in [4.69, 9.17) is 9.47 Å². The number of nitrogens with one attached hydrogen (secondary N) is 1. The molecular weight excluding hydrogens is 344 g/mol. The summed E-state index contributed by atoms with van der Waals surface area (Å²) in [5, 5.41) is 2.77. The van der Waals surface area contributed by atoms with Gasteiger partial charge in [0.15, 0.2) is 0 Å². The van der Waals surface area contributed by atoms with Crippen molar-refractivity contribution in [3.05, 3.63) is 59.4 Å². The minimum Gasteiger partial charge on any atom is -0.495 e. The number of aromatic nitrogens is 1. The molecule has 0 saturated carbocycles. The van der Waals surface area contributed by atoms with Crippen LogP contribution in [0.25, 0.3) is 5.52 Å². The van der Waals surface area contributed by atoms with Gasteiger partial charge in [0.25, 0.3) is 0 Å². The van der Waals surface area contributed by atoms with Gasteiger partial charge in [0.2, 0.25) is 11.7 Å². The second kappa shape index (κ2) is 7.53. The molecule has 1 amide bonds. The molecule has 27 heavy (non-hydrogen) atoms. The zero-order valence-electron chi connectivity index (χ0n) is 15.8. The van der Waals surface area contributed by atoms with E-state index >= 15 is 0 Å². The van der Waals surface area contributed by atoms with Gasteiger partial charge in [-0.15, -0.1) is 0 Å². The molecule has 1 N–H and O–H groups in total. The minimum absolute atomic E-state index is 0.120. The van der Waals surface area contributed by atoms with Crippen LogP contribution in [-0.4, -0.2) is 30.3 Å². The number of anilines is 1. The fraction of sp³-hybridized carbons (Fsp3) is 0.238. The molecule has 0 spiro atoms. The van der Waals surface area contributed by atoms with Crippen molar-refractivity contribution in [1.82, 2.24) is 4.40 Å². The van der Waals surface area contributed by atoms with Crippen LogP contribution in [0.3, 0.4) is 0 Å². The van der Waals surface area contributed by atoms with Gasteiger partial charge in [0, 0.05) is 23.7 Å². The molecule has 0 unspecified atom stereocenters. The molecule has 0 saturated heterocycles. The Morgan fingerprint density at radius 2 is 1.89 bits per heavy atom. The molecular formula is C21H22N2O4. The number of ketones is 1. The fourth-order valence-electron chi connectivity index (χ4n) is 3.15. The Morgan fingerprint density at radius 3 is 2.56 bits per heavy atom. The summed E-state index contributed by atoms with van der Waals surface area (Å²) in [6.45, 7) is 3.64. The zero-order chi connectivity index (χ0) is 19.6. The first-order valence-corrected chi connectivity index (χ1v) is 8.68. The molecule has 2 aromatic heterocycles. The van der Waals surface area contributed by atoms with Crippen LogP contribution in [0.15, 0.2) is 42.6 Å². The molecule has 0 aliphatic rings. The lowest BCUT2D eigenvalue weighted by Gasteiger charge is -2.11. The van der Waals surface area contributed by atoms with Crippen molar-refractivity contribution in [3.8, 4) is 11.5 Å². The first-order chi connectivity index (χ1) is 13.0. The number of methoxy groups -OCH3 is 2. The van der Waals surface area contributed by atoms with Crippen LogP contribution in [0.2, 0.25) is 0 Å². The van der Waals surface area contributed by atoms with Gasteiger partial charge in [0.05, 0.1) is 25.4 Å². The summed E-state index contributed by atoms with van der Waals surface area (Å²) < 4.78 is 12.7. The van der Waals surface area contributed by atoms with Gasteiger partial charge in [-0.05, 0) is 37.3 Å². The van der Waals surface area contributed by atoms with E-state index in [-0.39, 0.29) is 11.7 Å². The summed E-state index contributed by atoms with van der Waals surface area (Å²) in [6, 6.07) is 10.7. The zero-order valence-corrected chi connectivity index (χ0v) is 15.8. The van der Waals surface area contributed by atoms with Crippen LogP contribution in [0.1, 0.15) is 35.0 Å². The first-order valence-electron chi connectivity index (χ1n) is 8.68. The molecule has 6 nitrogen and oxygen atoms in total. The normalized spacial score (nSPS) is 10.7. The number of carbonyl (C=O) groups is 2. The molecule has 0 fully saturated rings. The topological polar surface area (TPSA) is 69.0 Å². The summed E-state index contributed by atoms with van der Waals surface area (Å²) in [5.74, 6) is 0.847. The van der Waals surface area contributed by atoms with Crippen molar-refractivity contribution in [3.63, 3.8) is 0 Å². The van der Waals surface area contributed by atoms with E-state index < -0.39 is 0 Å². The maximum absolute atomic E-state index is 13.2. The molecule has 0 aliphatic carbocycles. The second-order valence-corrected chi connectivity index (χ2v) is 6.11. The highest BCUT2D eigenvalue weighted by molar-refractivity contribution is 6.11. The maximum Gasteiger partial charge on any atom is 0.224 e. The fourth-order valence-corrected chi connectivity index (χ4v) is 3.15. The first kappa shape index (κ1) is 18.5. The number of nitrogens with zero attached hydrogens (tertiary/aromatic N) is 1. The van der Waals surface area contributed by atoms with Crippen molar-refractivity contribution in [2.75, 3.05) is 19.5 Å². The second-order valence-electron chi connectivity index (χ2n) is 6.11. The molecule has 0 bridgehead atoms. The molecule has 0 aliphatic heterocycles.